The van der Waals surface area contributed by atoms with Gasteiger partial charge in [0.25, 0.3) is 5.91 Å². The molecule has 2 rings (SSSR count). The molecule has 0 spiro atoms. The molecule has 17 heavy (non-hydrogen) atoms. The van der Waals surface area contributed by atoms with Gasteiger partial charge in [-0.3, -0.25) is 4.79 Å². The molecule has 86 valence electrons. The van der Waals surface area contributed by atoms with Crippen molar-refractivity contribution in [2.75, 3.05) is 0 Å². The highest BCUT2D eigenvalue weighted by Gasteiger charge is 2.14. The number of carbonyl (C=O) groups excluding carboxylic acids is 1. The highest BCUT2D eigenvalue weighted by atomic mass is 32.1. The summed E-state index contributed by atoms with van der Waals surface area (Å²) in [7, 11) is 0. The normalized spacial score (nSPS) is 12.0. The summed E-state index contributed by atoms with van der Waals surface area (Å²) in [6.07, 6.45) is 0.615. The van der Waals surface area contributed by atoms with Gasteiger partial charge in [-0.25, -0.2) is 0 Å². The van der Waals surface area contributed by atoms with Crippen molar-refractivity contribution in [2.24, 2.45) is 0 Å². The van der Waals surface area contributed by atoms with Crippen molar-refractivity contribution in [1.29, 1.82) is 5.26 Å². The van der Waals surface area contributed by atoms with Gasteiger partial charge in [0, 0.05) is 15.5 Å². The fourth-order valence-electron chi connectivity index (χ4n) is 1.62. The molecule has 0 bridgehead atoms. The maximum absolute atomic E-state index is 12.0. The standard InChI is InChI=1S/C13H12N2OS/c1-2-9(7-14)15-13(16)11-8-17-12-6-4-3-5-10(11)12/h3-6,8-9H,2H2,1H3,(H,15,16). The average Bonchev–Trinajstić information content (AvgIpc) is 2.79. The minimum atomic E-state index is -0.416. The zero-order valence-corrected chi connectivity index (χ0v) is 10.3. The second-order valence-electron chi connectivity index (χ2n) is 3.71. The van der Waals surface area contributed by atoms with E-state index in [0.29, 0.717) is 12.0 Å². The lowest BCUT2D eigenvalue weighted by Gasteiger charge is -2.08. The molecule has 0 radical (unpaired) electrons. The Bertz CT molecular complexity index is 582. The summed E-state index contributed by atoms with van der Waals surface area (Å²) < 4.78 is 1.09. The van der Waals surface area contributed by atoms with Crippen molar-refractivity contribution in [3.63, 3.8) is 0 Å². The van der Waals surface area contributed by atoms with Gasteiger partial charge in [-0.15, -0.1) is 11.3 Å². The molecule has 1 atom stereocenters. The van der Waals surface area contributed by atoms with Crippen molar-refractivity contribution < 1.29 is 4.79 Å². The van der Waals surface area contributed by atoms with Crippen molar-refractivity contribution in [1.82, 2.24) is 5.32 Å². The quantitative estimate of drug-likeness (QED) is 0.902. The first-order valence-electron chi connectivity index (χ1n) is 5.43. The van der Waals surface area contributed by atoms with Gasteiger partial charge in [0.05, 0.1) is 11.6 Å². The Labute approximate surface area is 104 Å². The Hall–Kier alpha value is -1.86. The third-order valence-corrected chi connectivity index (χ3v) is 3.56. The predicted octanol–water partition coefficient (Wildman–Crippen LogP) is 2.93. The van der Waals surface area contributed by atoms with Crippen LogP contribution in [0.1, 0.15) is 23.7 Å². The Morgan fingerprint density at radius 2 is 2.29 bits per heavy atom. The first kappa shape index (κ1) is 11.6. The van der Waals surface area contributed by atoms with Gasteiger partial charge in [-0.1, -0.05) is 25.1 Å². The first-order valence-corrected chi connectivity index (χ1v) is 6.31. The summed E-state index contributed by atoms with van der Waals surface area (Å²) in [5.41, 5.74) is 0.652. The maximum atomic E-state index is 12.0. The number of rotatable bonds is 3. The molecule has 0 aliphatic rings. The van der Waals surface area contributed by atoms with Gasteiger partial charge in [0.2, 0.25) is 0 Å². The number of thiophene rings is 1. The number of nitrogens with one attached hydrogen (secondary N) is 1. The van der Waals surface area contributed by atoms with Crippen molar-refractivity contribution in [3.05, 3.63) is 35.2 Å². The molecule has 0 aliphatic carbocycles. The minimum Gasteiger partial charge on any atom is -0.336 e. The summed E-state index contributed by atoms with van der Waals surface area (Å²) in [6.45, 7) is 1.87. The highest BCUT2D eigenvalue weighted by Crippen LogP contribution is 2.25. The number of nitrogens with zero attached hydrogens (tertiary/aromatic N) is 1. The van der Waals surface area contributed by atoms with E-state index in [1.54, 1.807) is 11.3 Å². The summed E-state index contributed by atoms with van der Waals surface area (Å²) in [6, 6.07) is 9.42. The number of benzene rings is 1. The summed E-state index contributed by atoms with van der Waals surface area (Å²) in [5, 5.41) is 14.3. The van der Waals surface area contributed by atoms with Crippen LogP contribution in [0.5, 0.6) is 0 Å². The van der Waals surface area contributed by atoms with Crippen LogP contribution in [-0.2, 0) is 0 Å². The molecule has 0 fully saturated rings. The van der Waals surface area contributed by atoms with E-state index in [2.05, 4.69) is 11.4 Å². The number of hydrogen-bond donors (Lipinski definition) is 1. The second kappa shape index (κ2) is 4.98. The first-order chi connectivity index (χ1) is 8.26. The monoisotopic (exact) mass is 244 g/mol. The largest absolute Gasteiger partial charge is 0.336 e. The zero-order chi connectivity index (χ0) is 12.3. The van der Waals surface area contributed by atoms with Gasteiger partial charge >= 0.3 is 0 Å². The third-order valence-electron chi connectivity index (χ3n) is 2.60. The van der Waals surface area contributed by atoms with Crippen molar-refractivity contribution in [3.8, 4) is 6.07 Å². The fraction of sp³-hybridized carbons (Fsp3) is 0.231. The van der Waals surface area contributed by atoms with E-state index in [9.17, 15) is 4.79 Å². The third kappa shape index (κ3) is 2.29. The van der Waals surface area contributed by atoms with Gasteiger partial charge in [-0.2, -0.15) is 5.26 Å². The Morgan fingerprint density at radius 3 is 3.00 bits per heavy atom. The molecule has 0 saturated carbocycles. The second-order valence-corrected chi connectivity index (χ2v) is 4.62. The number of nitriles is 1. The molecule has 1 aromatic heterocycles. The molecule has 2 aromatic rings. The minimum absolute atomic E-state index is 0.171. The van der Waals surface area contributed by atoms with Crippen LogP contribution in [0.4, 0.5) is 0 Å². The van der Waals surface area contributed by atoms with Crippen LogP contribution >= 0.6 is 11.3 Å². The molecular weight excluding hydrogens is 232 g/mol. The van der Waals surface area contributed by atoms with Gasteiger partial charge in [0.15, 0.2) is 0 Å². The Balaban J connectivity index is 2.28. The molecule has 1 aromatic carbocycles. The molecular formula is C13H12N2OS. The van der Waals surface area contributed by atoms with Crippen LogP contribution in [0, 0.1) is 11.3 Å². The Kier molecular flexibility index (Phi) is 3.40. The summed E-state index contributed by atoms with van der Waals surface area (Å²) >= 11 is 1.54. The molecule has 1 N–H and O–H groups in total. The lowest BCUT2D eigenvalue weighted by molar-refractivity contribution is 0.0946. The summed E-state index contributed by atoms with van der Waals surface area (Å²) in [5.74, 6) is -0.171. The van der Waals surface area contributed by atoms with E-state index in [4.69, 9.17) is 5.26 Å². The molecule has 0 saturated heterocycles. The van der Waals surface area contributed by atoms with Crippen LogP contribution in [0.3, 0.4) is 0 Å². The lowest BCUT2D eigenvalue weighted by Crippen LogP contribution is -2.32. The van der Waals surface area contributed by atoms with Crippen LogP contribution in [0.2, 0.25) is 0 Å². The average molecular weight is 244 g/mol. The van der Waals surface area contributed by atoms with Gasteiger partial charge in [0.1, 0.15) is 6.04 Å². The van der Waals surface area contributed by atoms with Crippen LogP contribution in [0.25, 0.3) is 10.1 Å². The highest BCUT2D eigenvalue weighted by molar-refractivity contribution is 7.17. The maximum Gasteiger partial charge on any atom is 0.253 e. The molecule has 1 unspecified atom stereocenters. The zero-order valence-electron chi connectivity index (χ0n) is 9.43. The van der Waals surface area contributed by atoms with Crippen molar-refractivity contribution in [2.45, 2.75) is 19.4 Å². The number of fused-ring (bicyclic) bond motifs is 1. The van der Waals surface area contributed by atoms with Crippen molar-refractivity contribution >= 4 is 27.3 Å². The predicted molar refractivity (Wildman–Crippen MR) is 69.0 cm³/mol. The van der Waals surface area contributed by atoms with E-state index in [-0.39, 0.29) is 5.91 Å². The van der Waals surface area contributed by atoms with E-state index in [0.717, 1.165) is 10.1 Å². The molecule has 1 heterocycles. The van der Waals surface area contributed by atoms with E-state index in [1.165, 1.54) is 0 Å². The Morgan fingerprint density at radius 1 is 1.53 bits per heavy atom. The summed E-state index contributed by atoms with van der Waals surface area (Å²) in [4.78, 5) is 12.0. The van der Waals surface area contributed by atoms with Gasteiger partial charge in [-0.05, 0) is 12.5 Å². The number of carbonyl (C=O) groups is 1. The molecule has 0 aliphatic heterocycles. The number of amides is 1. The topological polar surface area (TPSA) is 52.9 Å². The van der Waals surface area contributed by atoms with Crippen LogP contribution in [-0.4, -0.2) is 11.9 Å². The van der Waals surface area contributed by atoms with E-state index in [1.807, 2.05) is 36.6 Å². The van der Waals surface area contributed by atoms with Crippen LogP contribution < -0.4 is 5.32 Å². The molecule has 3 nitrogen and oxygen atoms in total. The molecule has 4 heteroatoms. The smallest absolute Gasteiger partial charge is 0.253 e. The fourth-order valence-corrected chi connectivity index (χ4v) is 2.56. The lowest BCUT2D eigenvalue weighted by atomic mass is 10.1. The van der Waals surface area contributed by atoms with E-state index < -0.39 is 6.04 Å². The van der Waals surface area contributed by atoms with Crippen LogP contribution in [0.15, 0.2) is 29.6 Å². The van der Waals surface area contributed by atoms with Gasteiger partial charge < -0.3 is 5.32 Å². The van der Waals surface area contributed by atoms with E-state index >= 15 is 0 Å². The SMILES string of the molecule is CCC(C#N)NC(=O)c1csc2ccccc12. The molecule has 1 amide bonds. The number of hydrogen-bond acceptors (Lipinski definition) is 3.